The minimum Gasteiger partial charge on any atom is -0.494 e. The molecule has 0 fully saturated rings. The molecule has 0 saturated heterocycles. The zero-order chi connectivity index (χ0) is 20.9. The average Bonchev–Trinajstić information content (AvgIpc) is 2.98. The van der Waals surface area contributed by atoms with Gasteiger partial charge >= 0.3 is 0 Å². The maximum Gasteiger partial charge on any atom is 0.256 e. The minimum atomic E-state index is -1.43. The first-order valence-corrected chi connectivity index (χ1v) is 12.3. The summed E-state index contributed by atoms with van der Waals surface area (Å²) in [6, 6.07) is 22.2. The van der Waals surface area contributed by atoms with E-state index >= 15 is 0 Å². The van der Waals surface area contributed by atoms with Crippen LogP contribution in [0.2, 0.25) is 0 Å². The van der Waals surface area contributed by atoms with Crippen molar-refractivity contribution in [1.29, 1.82) is 0 Å². The molecule has 5 heteroatoms. The topological polar surface area (TPSA) is 44.7 Å². The van der Waals surface area contributed by atoms with E-state index in [1.54, 1.807) is 0 Å². The maximum atomic E-state index is 6.47. The number of rotatable bonds is 1. The smallest absolute Gasteiger partial charge is 0.256 e. The molecule has 2 aliphatic rings. The quantitative estimate of drug-likeness (QED) is 0.302. The Morgan fingerprint density at radius 2 is 1.16 bits per heavy atom. The average molecular weight is 434 g/mol. The standard InChI is InChI=1S/C26H27O4P/c1-2-4-10-18-28-25-16-15-20(27-17-9-3-1)19-26(25)31-29-23-13-7-5-11-21(23)22-12-6-8-14-24(22)30-31/h5-8,11-16,19H,1-4,9-10,17-18H2. The Morgan fingerprint density at radius 1 is 0.581 bits per heavy atom. The van der Waals surface area contributed by atoms with Crippen LogP contribution >= 0.6 is 8.01 Å². The summed E-state index contributed by atoms with van der Waals surface area (Å²) in [6.45, 7) is 1.43. The van der Waals surface area contributed by atoms with Crippen molar-refractivity contribution in [3.8, 4) is 16.8 Å². The highest BCUT2D eigenvalue weighted by atomic mass is 31.1. The Labute approximate surface area is 183 Å². The molecule has 2 bridgehead atoms. The maximum absolute atomic E-state index is 6.47. The molecule has 0 atom stereocenters. The van der Waals surface area contributed by atoms with Gasteiger partial charge in [-0.15, -0.1) is 0 Å². The van der Waals surface area contributed by atoms with E-state index in [0.29, 0.717) is 6.61 Å². The van der Waals surface area contributed by atoms with Crippen LogP contribution in [0.4, 0.5) is 0 Å². The summed E-state index contributed by atoms with van der Waals surface area (Å²) < 4.78 is 25.2. The van der Waals surface area contributed by atoms with Gasteiger partial charge in [-0.25, -0.2) is 0 Å². The second-order valence-electron chi connectivity index (χ2n) is 7.88. The third-order valence-electron chi connectivity index (χ3n) is 5.62. The van der Waals surface area contributed by atoms with E-state index in [1.807, 2.05) is 54.6 Å². The van der Waals surface area contributed by atoms with E-state index in [4.69, 9.17) is 17.9 Å². The van der Waals surface area contributed by atoms with Gasteiger partial charge in [-0.05, 0) is 37.1 Å². The Hall–Kier alpha value is -2.84. The number of hydrogen-bond acceptors (Lipinski definition) is 4. The van der Waals surface area contributed by atoms with Crippen molar-refractivity contribution in [2.24, 2.45) is 0 Å². The van der Waals surface area contributed by atoms with Gasteiger partial charge in [0, 0.05) is 16.8 Å². The highest BCUT2D eigenvalue weighted by molar-refractivity contribution is 7.45. The fourth-order valence-electron chi connectivity index (χ4n) is 3.97. The van der Waals surface area contributed by atoms with E-state index in [2.05, 4.69) is 12.1 Å². The van der Waals surface area contributed by atoms with Gasteiger partial charge in [0.05, 0.1) is 13.2 Å². The molecular weight excluding hydrogens is 407 g/mol. The van der Waals surface area contributed by atoms with Crippen molar-refractivity contribution >= 4 is 30.0 Å². The monoisotopic (exact) mass is 434 g/mol. The number of ether oxygens (including phenoxy) is 2. The molecule has 0 saturated carbocycles. The number of benzene rings is 3. The molecule has 4 aromatic rings. The molecule has 0 spiro atoms. The van der Waals surface area contributed by atoms with E-state index in [1.165, 1.54) is 25.7 Å². The zero-order valence-electron chi connectivity index (χ0n) is 17.6. The molecule has 0 aliphatic carbocycles. The first-order valence-electron chi connectivity index (χ1n) is 11.1. The van der Waals surface area contributed by atoms with E-state index in [0.717, 1.165) is 58.2 Å². The molecule has 160 valence electrons. The van der Waals surface area contributed by atoms with Crippen LogP contribution in [0.15, 0.2) is 75.1 Å². The largest absolute Gasteiger partial charge is 0.494 e. The molecule has 4 nitrogen and oxygen atoms in total. The van der Waals surface area contributed by atoms with Crippen LogP contribution in [0, 0.1) is 0 Å². The summed E-state index contributed by atoms with van der Waals surface area (Å²) in [6.07, 6.45) is 7.05. The molecule has 3 aromatic carbocycles. The van der Waals surface area contributed by atoms with Crippen molar-refractivity contribution < 1.29 is 17.9 Å². The lowest BCUT2D eigenvalue weighted by molar-refractivity contribution is 0.290. The van der Waals surface area contributed by atoms with Crippen LogP contribution in [0.3, 0.4) is 0 Å². The van der Waals surface area contributed by atoms with Crippen LogP contribution in [0.25, 0.3) is 27.2 Å². The normalized spacial score (nSPS) is 15.2. The van der Waals surface area contributed by atoms with Gasteiger partial charge in [-0.2, -0.15) is 0 Å². The Bertz CT molecular complexity index is 1160. The van der Waals surface area contributed by atoms with Crippen LogP contribution in [0.5, 0.6) is 11.5 Å². The van der Waals surface area contributed by atoms with E-state index < -0.39 is 8.01 Å². The Morgan fingerprint density at radius 3 is 1.84 bits per heavy atom. The summed E-state index contributed by atoms with van der Waals surface area (Å²) in [7, 11) is -1.43. The first-order chi connectivity index (χ1) is 15.4. The van der Waals surface area contributed by atoms with E-state index in [-0.39, 0.29) is 0 Å². The Balaban J connectivity index is 1.67. The Kier molecular flexibility index (Phi) is 6.18. The number of para-hydroxylation sites is 2. The SMILES string of the molecule is c1ccc2c(c1)op(-c1cc3ccc1OCCCCCCCCO3)oc1ccccc12. The lowest BCUT2D eigenvalue weighted by atomic mass is 10.1. The lowest BCUT2D eigenvalue weighted by Gasteiger charge is -2.13. The van der Waals surface area contributed by atoms with Crippen molar-refractivity contribution in [2.75, 3.05) is 13.2 Å². The van der Waals surface area contributed by atoms with Crippen LogP contribution in [-0.2, 0) is 0 Å². The molecule has 6 rings (SSSR count). The van der Waals surface area contributed by atoms with Crippen molar-refractivity contribution in [2.45, 2.75) is 38.5 Å². The summed E-state index contributed by atoms with van der Waals surface area (Å²) in [5.74, 6) is 1.65. The summed E-state index contributed by atoms with van der Waals surface area (Å²) in [5.41, 5.74) is 1.65. The molecule has 2 aliphatic heterocycles. The second-order valence-corrected chi connectivity index (χ2v) is 9.24. The van der Waals surface area contributed by atoms with Crippen molar-refractivity contribution in [1.82, 2.24) is 0 Å². The molecule has 0 unspecified atom stereocenters. The molecule has 0 N–H and O–H groups in total. The summed E-state index contributed by atoms with van der Waals surface area (Å²) in [5, 5.41) is 3.00. The molecule has 0 radical (unpaired) electrons. The third-order valence-corrected chi connectivity index (χ3v) is 7.09. The molecule has 31 heavy (non-hydrogen) atoms. The predicted octanol–water partition coefficient (Wildman–Crippen LogP) is 8.39. The van der Waals surface area contributed by atoms with Gasteiger partial charge in [0.25, 0.3) is 8.01 Å². The third kappa shape index (κ3) is 4.60. The molecule has 1 aromatic heterocycles. The molecular formula is C26H27O4P. The van der Waals surface area contributed by atoms with Crippen LogP contribution in [0.1, 0.15) is 38.5 Å². The first kappa shape index (κ1) is 20.1. The predicted molar refractivity (Wildman–Crippen MR) is 126 cm³/mol. The van der Waals surface area contributed by atoms with E-state index in [9.17, 15) is 0 Å². The fourth-order valence-corrected chi connectivity index (χ4v) is 5.43. The lowest BCUT2D eigenvalue weighted by Crippen LogP contribution is -2.01. The van der Waals surface area contributed by atoms with Gasteiger partial charge in [-0.1, -0.05) is 62.1 Å². The van der Waals surface area contributed by atoms with Crippen molar-refractivity contribution in [3.63, 3.8) is 0 Å². The highest BCUT2D eigenvalue weighted by Crippen LogP contribution is 2.48. The fraction of sp³-hybridized carbons (Fsp3) is 0.308. The van der Waals surface area contributed by atoms with Gasteiger partial charge in [0.15, 0.2) is 0 Å². The van der Waals surface area contributed by atoms with Gasteiger partial charge in [0.1, 0.15) is 28.0 Å². The van der Waals surface area contributed by atoms with Gasteiger partial charge in [-0.3, -0.25) is 0 Å². The van der Waals surface area contributed by atoms with Crippen LogP contribution < -0.4 is 9.47 Å². The summed E-state index contributed by atoms with van der Waals surface area (Å²) in [4.78, 5) is 0. The number of fused-ring (bicyclic) bond motifs is 14. The second kappa shape index (κ2) is 9.53. The van der Waals surface area contributed by atoms with Crippen molar-refractivity contribution in [3.05, 3.63) is 66.7 Å². The van der Waals surface area contributed by atoms with Crippen LogP contribution in [-0.4, -0.2) is 13.2 Å². The van der Waals surface area contributed by atoms with Gasteiger partial charge in [0.2, 0.25) is 0 Å². The summed E-state index contributed by atoms with van der Waals surface area (Å²) >= 11 is 0. The van der Waals surface area contributed by atoms with Gasteiger partial charge < -0.3 is 17.9 Å². The number of hydrogen-bond donors (Lipinski definition) is 0. The molecule has 3 heterocycles. The minimum absolute atomic E-state index is 0.698. The molecule has 0 amide bonds. The zero-order valence-corrected chi connectivity index (χ0v) is 18.5. The highest BCUT2D eigenvalue weighted by Gasteiger charge is 2.15.